The second-order valence-corrected chi connectivity index (χ2v) is 14.7. The number of Topliss-reactive ketones (excluding diaryl/α,β-unsaturated/α-hetero) is 1. The van der Waals surface area contributed by atoms with Crippen LogP contribution in [0.25, 0.3) is 0 Å². The second kappa shape index (κ2) is 11.9. The van der Waals surface area contributed by atoms with Crippen LogP contribution in [0.2, 0.25) is 0 Å². The summed E-state index contributed by atoms with van der Waals surface area (Å²) in [6.07, 6.45) is 10.2. The van der Waals surface area contributed by atoms with Gasteiger partial charge < -0.3 is 9.84 Å². The van der Waals surface area contributed by atoms with Crippen molar-refractivity contribution in [2.24, 2.45) is 38.9 Å². The van der Waals surface area contributed by atoms with Crippen LogP contribution < -0.4 is 0 Å². The van der Waals surface area contributed by atoms with Gasteiger partial charge >= 0.3 is 5.97 Å². The molecule has 0 unspecified atom stereocenters. The van der Waals surface area contributed by atoms with Crippen molar-refractivity contribution in [3.63, 3.8) is 0 Å². The van der Waals surface area contributed by atoms with E-state index in [-0.39, 0.29) is 57.6 Å². The number of hydrogen-bond acceptors (Lipinski definition) is 5. The van der Waals surface area contributed by atoms with E-state index in [0.29, 0.717) is 12.8 Å². The minimum atomic E-state index is -0.571. The van der Waals surface area contributed by atoms with Crippen molar-refractivity contribution in [1.29, 1.82) is 0 Å². The van der Waals surface area contributed by atoms with Crippen LogP contribution >= 0.6 is 0 Å². The van der Waals surface area contributed by atoms with Gasteiger partial charge in [0.05, 0.1) is 19.1 Å². The molecule has 2 rings (SSSR count). The molecular formula is C33H56O5. The van der Waals surface area contributed by atoms with E-state index in [0.717, 1.165) is 56.9 Å². The quantitative estimate of drug-likeness (QED) is 0.208. The van der Waals surface area contributed by atoms with Crippen LogP contribution in [0.3, 0.4) is 0 Å². The van der Waals surface area contributed by atoms with Crippen LogP contribution in [0.1, 0.15) is 127 Å². The van der Waals surface area contributed by atoms with Crippen LogP contribution in [0.4, 0.5) is 0 Å². The van der Waals surface area contributed by atoms with Gasteiger partial charge in [0.25, 0.3) is 0 Å². The number of aliphatic hydroxyl groups excluding tert-OH is 1. The summed E-state index contributed by atoms with van der Waals surface area (Å²) in [6.45, 7) is 19.4. The number of aliphatic hydroxyl groups is 1. The number of rotatable bonds is 12. The SMILES string of the molecule is CCCC(C)(C)CC[C@@](C)(CCC(C)(C)[C@]1(C)CC[C@H]2[C@H](CO)C(=O)CC[C@]2(C)/C1=C/C(C)=O)C(=O)OC. The third-order valence-corrected chi connectivity index (χ3v) is 11.1. The van der Waals surface area contributed by atoms with E-state index in [1.807, 2.05) is 6.08 Å². The lowest BCUT2D eigenvalue weighted by Crippen LogP contribution is -2.54. The van der Waals surface area contributed by atoms with Crippen molar-refractivity contribution >= 4 is 17.5 Å². The largest absolute Gasteiger partial charge is 0.469 e. The van der Waals surface area contributed by atoms with E-state index >= 15 is 0 Å². The second-order valence-electron chi connectivity index (χ2n) is 14.7. The fourth-order valence-corrected chi connectivity index (χ4v) is 7.80. The van der Waals surface area contributed by atoms with Gasteiger partial charge in [-0.2, -0.15) is 0 Å². The molecule has 0 aromatic rings. The van der Waals surface area contributed by atoms with E-state index in [1.165, 1.54) is 7.11 Å². The Kier molecular flexibility index (Phi) is 10.3. The average molecular weight is 533 g/mol. The number of hydrogen-bond donors (Lipinski definition) is 1. The van der Waals surface area contributed by atoms with Crippen LogP contribution in [-0.4, -0.2) is 36.4 Å². The maximum atomic E-state index is 13.1. The summed E-state index contributed by atoms with van der Waals surface area (Å²) in [7, 11) is 1.49. The molecule has 0 radical (unpaired) electrons. The molecule has 5 heteroatoms. The number of allylic oxidation sites excluding steroid dienone is 2. The Morgan fingerprint density at radius 3 is 2.16 bits per heavy atom. The van der Waals surface area contributed by atoms with Crippen molar-refractivity contribution in [1.82, 2.24) is 0 Å². The first-order valence-electron chi connectivity index (χ1n) is 14.9. The number of carbonyl (C=O) groups is 3. The molecule has 0 aliphatic heterocycles. The van der Waals surface area contributed by atoms with E-state index < -0.39 is 5.41 Å². The number of carbonyl (C=O) groups excluding carboxylic acids is 3. The molecule has 0 aromatic carbocycles. The van der Waals surface area contributed by atoms with E-state index in [1.54, 1.807) is 6.92 Å². The Morgan fingerprint density at radius 2 is 1.63 bits per heavy atom. The van der Waals surface area contributed by atoms with Gasteiger partial charge in [0.15, 0.2) is 5.78 Å². The van der Waals surface area contributed by atoms with Crippen molar-refractivity contribution in [3.8, 4) is 0 Å². The van der Waals surface area contributed by atoms with Crippen LogP contribution in [0.15, 0.2) is 11.6 Å². The Bertz CT molecular complexity index is 914. The molecule has 2 aliphatic carbocycles. The first-order chi connectivity index (χ1) is 17.4. The summed E-state index contributed by atoms with van der Waals surface area (Å²) >= 11 is 0. The molecule has 0 bridgehead atoms. The minimum absolute atomic E-state index is 0.0268. The molecule has 0 aromatic heterocycles. The summed E-state index contributed by atoms with van der Waals surface area (Å²) in [6, 6.07) is 0. The molecule has 0 spiro atoms. The van der Waals surface area contributed by atoms with Gasteiger partial charge in [-0.1, -0.05) is 60.5 Å². The predicted molar refractivity (Wildman–Crippen MR) is 154 cm³/mol. The zero-order valence-electron chi connectivity index (χ0n) is 26.1. The molecule has 0 saturated heterocycles. The Hall–Kier alpha value is -1.49. The van der Waals surface area contributed by atoms with E-state index in [9.17, 15) is 19.5 Å². The van der Waals surface area contributed by atoms with Crippen molar-refractivity contribution in [2.45, 2.75) is 127 Å². The first kappa shape index (κ1) is 32.7. The van der Waals surface area contributed by atoms with Gasteiger partial charge in [0.2, 0.25) is 0 Å². The highest BCUT2D eigenvalue weighted by Crippen LogP contribution is 2.66. The molecule has 2 saturated carbocycles. The molecule has 2 fully saturated rings. The topological polar surface area (TPSA) is 80.7 Å². The lowest BCUT2D eigenvalue weighted by Gasteiger charge is -2.60. The van der Waals surface area contributed by atoms with Gasteiger partial charge in [0, 0.05) is 12.3 Å². The Labute approximate surface area is 232 Å². The molecule has 1 N–H and O–H groups in total. The molecule has 38 heavy (non-hydrogen) atoms. The summed E-state index contributed by atoms with van der Waals surface area (Å²) < 4.78 is 5.32. The number of ketones is 2. The highest BCUT2D eigenvalue weighted by atomic mass is 16.5. The van der Waals surface area contributed by atoms with Crippen molar-refractivity contribution in [2.75, 3.05) is 13.7 Å². The molecule has 2 aliphatic rings. The van der Waals surface area contributed by atoms with Crippen molar-refractivity contribution < 1.29 is 24.2 Å². The molecule has 0 amide bonds. The van der Waals surface area contributed by atoms with E-state index in [4.69, 9.17) is 4.74 Å². The number of methoxy groups -OCH3 is 1. The lowest BCUT2D eigenvalue weighted by molar-refractivity contribution is -0.153. The fraction of sp³-hybridized carbons (Fsp3) is 0.848. The average Bonchev–Trinajstić information content (AvgIpc) is 2.83. The molecule has 0 heterocycles. The highest BCUT2D eigenvalue weighted by Gasteiger charge is 2.59. The molecule has 5 atom stereocenters. The van der Waals surface area contributed by atoms with Gasteiger partial charge in [-0.25, -0.2) is 0 Å². The third kappa shape index (κ3) is 6.45. The van der Waals surface area contributed by atoms with Gasteiger partial charge in [-0.3, -0.25) is 14.4 Å². The number of fused-ring (bicyclic) bond motifs is 1. The fourth-order valence-electron chi connectivity index (χ4n) is 7.80. The van der Waals surface area contributed by atoms with Gasteiger partial charge in [-0.05, 0) is 98.9 Å². The maximum Gasteiger partial charge on any atom is 0.311 e. The Balaban J connectivity index is 2.41. The summed E-state index contributed by atoms with van der Waals surface area (Å²) in [5, 5.41) is 10.1. The van der Waals surface area contributed by atoms with Crippen LogP contribution in [0, 0.1) is 38.9 Å². The summed E-state index contributed by atoms with van der Waals surface area (Å²) in [4.78, 5) is 38.4. The Morgan fingerprint density at radius 1 is 1.03 bits per heavy atom. The summed E-state index contributed by atoms with van der Waals surface area (Å²) in [5.41, 5.74) is -0.0493. The monoisotopic (exact) mass is 532 g/mol. The number of esters is 1. The zero-order chi connectivity index (χ0) is 29.2. The smallest absolute Gasteiger partial charge is 0.311 e. The van der Waals surface area contributed by atoms with Crippen LogP contribution in [-0.2, 0) is 19.1 Å². The third-order valence-electron chi connectivity index (χ3n) is 11.1. The molecule has 218 valence electrons. The highest BCUT2D eigenvalue weighted by molar-refractivity contribution is 5.89. The molecular weight excluding hydrogens is 476 g/mol. The number of ether oxygens (including phenoxy) is 1. The maximum absolute atomic E-state index is 13.1. The molecule has 5 nitrogen and oxygen atoms in total. The van der Waals surface area contributed by atoms with Gasteiger partial charge in [-0.15, -0.1) is 0 Å². The minimum Gasteiger partial charge on any atom is -0.469 e. The van der Waals surface area contributed by atoms with E-state index in [2.05, 4.69) is 55.4 Å². The van der Waals surface area contributed by atoms with Gasteiger partial charge in [0.1, 0.15) is 5.78 Å². The van der Waals surface area contributed by atoms with Crippen molar-refractivity contribution in [3.05, 3.63) is 11.6 Å². The predicted octanol–water partition coefficient (Wildman–Crippen LogP) is 7.49. The summed E-state index contributed by atoms with van der Waals surface area (Å²) in [5.74, 6) is -0.272. The normalized spacial score (nSPS) is 31.0. The standard InChI is InChI=1S/C33H56O5/c1-11-14-29(3,4)17-19-31(7,28(37)38-10)20-18-30(5,6)33(9)16-12-25-24(22-34)26(36)13-15-32(25,8)27(33)21-23(2)35/h21,24-25,34H,11-20,22H2,1-10H3/b27-21-/t24-,25-,31-,32-,33+/m0/s1. The lowest BCUT2D eigenvalue weighted by atomic mass is 9.43. The first-order valence-corrected chi connectivity index (χ1v) is 14.9. The zero-order valence-corrected chi connectivity index (χ0v) is 26.1. The van der Waals surface area contributed by atoms with Crippen LogP contribution in [0.5, 0.6) is 0 Å².